The van der Waals surface area contributed by atoms with Crippen LogP contribution in [0.1, 0.15) is 60.8 Å². The van der Waals surface area contributed by atoms with E-state index >= 15 is 0 Å². The Morgan fingerprint density at radius 1 is 1.06 bits per heavy atom. The molecule has 0 rings (SSSR count). The Hall–Kier alpha value is -0.120. The molecule has 0 aromatic carbocycles. The van der Waals surface area contributed by atoms with E-state index in [4.69, 9.17) is 5.84 Å². The maximum absolute atomic E-state index is 5.83. The summed E-state index contributed by atoms with van der Waals surface area (Å²) in [5, 5.41) is 0. The fourth-order valence-electron chi connectivity index (χ4n) is 3.18. The second kappa shape index (κ2) is 8.06. The van der Waals surface area contributed by atoms with Gasteiger partial charge in [0.05, 0.1) is 0 Å². The summed E-state index contributed by atoms with van der Waals surface area (Å²) >= 11 is 0. The van der Waals surface area contributed by atoms with E-state index < -0.39 is 0 Å². The van der Waals surface area contributed by atoms with Gasteiger partial charge < -0.3 is 0 Å². The highest BCUT2D eigenvalue weighted by atomic mass is 15.3. The molecule has 0 radical (unpaired) electrons. The lowest BCUT2D eigenvalue weighted by Crippen LogP contribution is -2.62. The molecule has 1 unspecified atom stereocenters. The van der Waals surface area contributed by atoms with Crippen LogP contribution in [-0.2, 0) is 0 Å². The second-order valence-corrected chi connectivity index (χ2v) is 5.33. The molecule has 0 aromatic heterocycles. The standard InChI is InChI=1S/C14H33N3/c1-7-14(8-2,17(9-3)10-4)13(16-15)11-12(5)6/h12-13,16H,7-11,15H2,1-6H3. The topological polar surface area (TPSA) is 41.3 Å². The van der Waals surface area contributed by atoms with Crippen molar-refractivity contribution in [1.82, 2.24) is 10.3 Å². The largest absolute Gasteiger partial charge is 0.297 e. The van der Waals surface area contributed by atoms with Gasteiger partial charge in [0.2, 0.25) is 0 Å². The van der Waals surface area contributed by atoms with Crippen LogP contribution in [-0.4, -0.2) is 29.6 Å². The van der Waals surface area contributed by atoms with Crippen LogP contribution in [0.5, 0.6) is 0 Å². The van der Waals surface area contributed by atoms with Crippen LogP contribution < -0.4 is 11.3 Å². The smallest absolute Gasteiger partial charge is 0.0397 e. The molecule has 17 heavy (non-hydrogen) atoms. The minimum Gasteiger partial charge on any atom is -0.297 e. The summed E-state index contributed by atoms with van der Waals surface area (Å²) in [6.07, 6.45) is 3.42. The van der Waals surface area contributed by atoms with Crippen LogP contribution in [0, 0.1) is 5.92 Å². The van der Waals surface area contributed by atoms with Gasteiger partial charge in [0.15, 0.2) is 0 Å². The maximum atomic E-state index is 5.83. The van der Waals surface area contributed by atoms with Crippen LogP contribution in [0.3, 0.4) is 0 Å². The molecule has 104 valence electrons. The van der Waals surface area contributed by atoms with Gasteiger partial charge in [-0.2, -0.15) is 0 Å². The average molecular weight is 243 g/mol. The summed E-state index contributed by atoms with van der Waals surface area (Å²) in [7, 11) is 0. The van der Waals surface area contributed by atoms with Gasteiger partial charge in [-0.15, -0.1) is 0 Å². The molecular formula is C14H33N3. The van der Waals surface area contributed by atoms with E-state index in [1.54, 1.807) is 0 Å². The number of nitrogens with zero attached hydrogens (tertiary/aromatic N) is 1. The lowest BCUT2D eigenvalue weighted by Gasteiger charge is -2.48. The van der Waals surface area contributed by atoms with Crippen LogP contribution >= 0.6 is 0 Å². The van der Waals surface area contributed by atoms with Gasteiger partial charge in [0, 0.05) is 11.6 Å². The van der Waals surface area contributed by atoms with Crippen molar-refractivity contribution < 1.29 is 0 Å². The fraction of sp³-hybridized carbons (Fsp3) is 1.00. The van der Waals surface area contributed by atoms with E-state index in [9.17, 15) is 0 Å². The van der Waals surface area contributed by atoms with Gasteiger partial charge in [0.1, 0.15) is 0 Å². The zero-order valence-electron chi connectivity index (χ0n) is 12.7. The van der Waals surface area contributed by atoms with E-state index in [1.165, 1.54) is 0 Å². The first-order valence-electron chi connectivity index (χ1n) is 7.23. The van der Waals surface area contributed by atoms with Crippen LogP contribution in [0.25, 0.3) is 0 Å². The first-order chi connectivity index (χ1) is 8.02. The maximum Gasteiger partial charge on any atom is 0.0397 e. The monoisotopic (exact) mass is 243 g/mol. The highest BCUT2D eigenvalue weighted by Crippen LogP contribution is 2.30. The highest BCUT2D eigenvalue weighted by Gasteiger charge is 2.39. The van der Waals surface area contributed by atoms with Crippen LogP contribution in [0.4, 0.5) is 0 Å². The lowest BCUT2D eigenvalue weighted by molar-refractivity contribution is 0.0416. The third kappa shape index (κ3) is 3.94. The Bertz CT molecular complexity index is 184. The van der Waals surface area contributed by atoms with E-state index in [0.717, 1.165) is 32.4 Å². The number of hydrogen-bond donors (Lipinski definition) is 2. The van der Waals surface area contributed by atoms with Crippen molar-refractivity contribution >= 4 is 0 Å². The summed E-state index contributed by atoms with van der Waals surface area (Å²) in [6.45, 7) is 15.8. The molecular weight excluding hydrogens is 210 g/mol. The molecule has 0 heterocycles. The van der Waals surface area contributed by atoms with Crippen molar-refractivity contribution in [3.8, 4) is 0 Å². The molecule has 0 aromatic rings. The van der Waals surface area contributed by atoms with Crippen molar-refractivity contribution in [3.63, 3.8) is 0 Å². The van der Waals surface area contributed by atoms with Crippen molar-refractivity contribution in [3.05, 3.63) is 0 Å². The molecule has 0 aliphatic rings. The van der Waals surface area contributed by atoms with E-state index in [-0.39, 0.29) is 5.54 Å². The van der Waals surface area contributed by atoms with Crippen molar-refractivity contribution in [2.75, 3.05) is 13.1 Å². The molecule has 1 atom stereocenters. The SMILES string of the molecule is CCN(CC)C(CC)(CC)C(CC(C)C)NN. The molecule has 3 N–H and O–H groups in total. The third-order valence-electron chi connectivity index (χ3n) is 4.17. The predicted octanol–water partition coefficient (Wildman–Crippen LogP) is 2.76. The summed E-state index contributed by atoms with van der Waals surface area (Å²) in [5.41, 5.74) is 3.28. The Morgan fingerprint density at radius 2 is 1.53 bits per heavy atom. The molecule has 0 aliphatic heterocycles. The number of nitrogens with two attached hydrogens (primary N) is 1. The minimum absolute atomic E-state index is 0.197. The minimum atomic E-state index is 0.197. The van der Waals surface area contributed by atoms with Gasteiger partial charge >= 0.3 is 0 Å². The van der Waals surface area contributed by atoms with Gasteiger partial charge in [-0.05, 0) is 38.3 Å². The second-order valence-electron chi connectivity index (χ2n) is 5.33. The summed E-state index contributed by atoms with van der Waals surface area (Å²) in [4.78, 5) is 2.57. The van der Waals surface area contributed by atoms with Gasteiger partial charge in [-0.1, -0.05) is 41.5 Å². The number of rotatable bonds is 9. The predicted molar refractivity (Wildman–Crippen MR) is 76.8 cm³/mol. The van der Waals surface area contributed by atoms with Crippen molar-refractivity contribution in [2.45, 2.75) is 72.4 Å². The van der Waals surface area contributed by atoms with E-state index in [0.29, 0.717) is 12.0 Å². The number of likely N-dealkylation sites (N-methyl/N-ethyl adjacent to an activating group) is 1. The third-order valence-corrected chi connectivity index (χ3v) is 4.17. The quantitative estimate of drug-likeness (QED) is 0.483. The zero-order chi connectivity index (χ0) is 13.5. The van der Waals surface area contributed by atoms with Gasteiger partial charge in [-0.3, -0.25) is 16.2 Å². The normalized spacial score (nSPS) is 14.6. The molecule has 3 heteroatoms. The van der Waals surface area contributed by atoms with Crippen molar-refractivity contribution in [2.24, 2.45) is 11.8 Å². The number of hydrazine groups is 1. The molecule has 0 bridgehead atoms. The summed E-state index contributed by atoms with van der Waals surface area (Å²) in [6, 6.07) is 0.373. The van der Waals surface area contributed by atoms with Gasteiger partial charge in [-0.25, -0.2) is 0 Å². The van der Waals surface area contributed by atoms with Gasteiger partial charge in [0.25, 0.3) is 0 Å². The highest BCUT2D eigenvalue weighted by molar-refractivity contribution is 4.98. The Morgan fingerprint density at radius 3 is 1.76 bits per heavy atom. The molecule has 0 saturated carbocycles. The van der Waals surface area contributed by atoms with Crippen LogP contribution in [0.15, 0.2) is 0 Å². The molecule has 3 nitrogen and oxygen atoms in total. The van der Waals surface area contributed by atoms with E-state index in [1.807, 2.05) is 0 Å². The first kappa shape index (κ1) is 16.9. The zero-order valence-corrected chi connectivity index (χ0v) is 12.7. The van der Waals surface area contributed by atoms with E-state index in [2.05, 4.69) is 51.9 Å². The lowest BCUT2D eigenvalue weighted by atomic mass is 9.79. The van der Waals surface area contributed by atoms with Crippen LogP contribution in [0.2, 0.25) is 0 Å². The number of hydrogen-bond acceptors (Lipinski definition) is 3. The molecule has 0 spiro atoms. The Kier molecular flexibility index (Phi) is 8.01. The van der Waals surface area contributed by atoms with Crippen molar-refractivity contribution in [1.29, 1.82) is 0 Å². The molecule has 0 saturated heterocycles. The molecule has 0 aliphatic carbocycles. The Balaban J connectivity index is 5.11. The summed E-state index contributed by atoms with van der Waals surface area (Å²) < 4.78 is 0. The molecule has 0 fully saturated rings. The molecule has 0 amide bonds. The average Bonchev–Trinajstić information content (AvgIpc) is 2.33. The Labute approximate surface area is 108 Å². The first-order valence-corrected chi connectivity index (χ1v) is 7.23. The fourth-order valence-corrected chi connectivity index (χ4v) is 3.18. The number of nitrogens with one attached hydrogen (secondary N) is 1. The summed E-state index contributed by atoms with van der Waals surface area (Å²) in [5.74, 6) is 6.50.